The van der Waals surface area contributed by atoms with Gasteiger partial charge in [-0.1, -0.05) is 24.3 Å². The van der Waals surface area contributed by atoms with Crippen molar-refractivity contribution in [3.05, 3.63) is 35.4 Å². The molecule has 102 valence electrons. The van der Waals surface area contributed by atoms with Crippen molar-refractivity contribution in [2.75, 3.05) is 33.2 Å². The van der Waals surface area contributed by atoms with Crippen LogP contribution in [0.4, 0.5) is 0 Å². The number of hydrogen-bond acceptors (Lipinski definition) is 3. The number of benzene rings is 1. The Bertz CT molecular complexity index is 481. The average molecular weight is 260 g/mol. The summed E-state index contributed by atoms with van der Waals surface area (Å²) >= 11 is 0. The van der Waals surface area contributed by atoms with Crippen LogP contribution in [0.15, 0.2) is 24.3 Å². The van der Waals surface area contributed by atoms with Gasteiger partial charge in [0.15, 0.2) is 0 Å². The number of fused-ring (bicyclic) bond motifs is 1. The van der Waals surface area contributed by atoms with Crippen LogP contribution < -0.4 is 0 Å². The first-order chi connectivity index (χ1) is 9.16. The molecule has 1 aromatic rings. The molecule has 3 rings (SSSR count). The highest BCUT2D eigenvalue weighted by Gasteiger charge is 2.41. The van der Waals surface area contributed by atoms with E-state index >= 15 is 0 Å². The second kappa shape index (κ2) is 4.94. The minimum atomic E-state index is -0.667. The molecule has 1 N–H and O–H groups in total. The van der Waals surface area contributed by atoms with Gasteiger partial charge in [0.25, 0.3) is 0 Å². The van der Waals surface area contributed by atoms with Gasteiger partial charge in [0, 0.05) is 32.2 Å². The predicted molar refractivity (Wildman–Crippen MR) is 73.1 cm³/mol. The number of carboxylic acids is 1. The zero-order valence-electron chi connectivity index (χ0n) is 11.2. The number of rotatable bonds is 2. The van der Waals surface area contributed by atoms with Crippen LogP contribution in [0, 0.1) is 5.92 Å². The first-order valence-electron chi connectivity index (χ1n) is 6.90. The molecule has 2 unspecified atom stereocenters. The summed E-state index contributed by atoms with van der Waals surface area (Å²) in [5.41, 5.74) is 2.43. The summed E-state index contributed by atoms with van der Waals surface area (Å²) in [6.07, 6.45) is 0.669. The van der Waals surface area contributed by atoms with E-state index in [1.165, 1.54) is 11.1 Å². The Kier molecular flexibility index (Phi) is 3.29. The molecule has 0 amide bonds. The number of hydrogen-bond donors (Lipinski definition) is 1. The van der Waals surface area contributed by atoms with Crippen molar-refractivity contribution in [1.82, 2.24) is 9.80 Å². The van der Waals surface area contributed by atoms with Crippen molar-refractivity contribution in [2.45, 2.75) is 12.5 Å². The largest absolute Gasteiger partial charge is 0.481 e. The van der Waals surface area contributed by atoms with E-state index in [-0.39, 0.29) is 12.0 Å². The van der Waals surface area contributed by atoms with Crippen LogP contribution in [-0.2, 0) is 11.2 Å². The van der Waals surface area contributed by atoms with E-state index in [2.05, 4.69) is 29.0 Å². The summed E-state index contributed by atoms with van der Waals surface area (Å²) in [5.74, 6) is -0.957. The monoisotopic (exact) mass is 260 g/mol. The number of likely N-dealkylation sites (N-methyl/N-ethyl adjacent to an activating group) is 1. The fourth-order valence-electron chi connectivity index (χ4n) is 3.35. The number of carbonyl (C=O) groups is 1. The molecule has 1 saturated heterocycles. The lowest BCUT2D eigenvalue weighted by atomic mass is 9.98. The fraction of sp³-hybridized carbons (Fsp3) is 0.533. The third-order valence-electron chi connectivity index (χ3n) is 4.44. The minimum absolute atomic E-state index is 0.0578. The standard InChI is InChI=1S/C15H20N2O2/c1-16-6-8-17(9-7-16)14-12-5-3-2-4-11(12)10-13(14)15(18)19/h2-5,13-14H,6-10H2,1H3,(H,18,19). The molecule has 0 spiro atoms. The molecule has 1 fully saturated rings. The quantitative estimate of drug-likeness (QED) is 0.868. The van der Waals surface area contributed by atoms with Gasteiger partial charge in [0.05, 0.1) is 5.92 Å². The van der Waals surface area contributed by atoms with Crippen molar-refractivity contribution >= 4 is 5.97 Å². The Labute approximate surface area is 113 Å². The first-order valence-corrected chi connectivity index (χ1v) is 6.90. The van der Waals surface area contributed by atoms with Gasteiger partial charge in [-0.05, 0) is 24.6 Å². The highest BCUT2D eigenvalue weighted by molar-refractivity contribution is 5.73. The van der Waals surface area contributed by atoms with E-state index in [1.54, 1.807) is 0 Å². The third kappa shape index (κ3) is 2.26. The second-order valence-electron chi connectivity index (χ2n) is 5.63. The van der Waals surface area contributed by atoms with Crippen LogP contribution in [0.1, 0.15) is 17.2 Å². The Morgan fingerprint density at radius 3 is 2.58 bits per heavy atom. The maximum atomic E-state index is 11.6. The lowest BCUT2D eigenvalue weighted by molar-refractivity contribution is -0.144. The highest BCUT2D eigenvalue weighted by atomic mass is 16.4. The minimum Gasteiger partial charge on any atom is -0.481 e. The molecule has 1 aliphatic carbocycles. The number of nitrogens with zero attached hydrogens (tertiary/aromatic N) is 2. The molecular formula is C15H20N2O2. The average Bonchev–Trinajstić information content (AvgIpc) is 2.79. The zero-order chi connectivity index (χ0) is 13.4. The molecule has 19 heavy (non-hydrogen) atoms. The zero-order valence-corrected chi connectivity index (χ0v) is 11.2. The maximum Gasteiger partial charge on any atom is 0.308 e. The molecular weight excluding hydrogens is 240 g/mol. The van der Waals surface area contributed by atoms with Gasteiger partial charge in [0.2, 0.25) is 0 Å². The molecule has 0 aromatic heterocycles. The molecule has 0 bridgehead atoms. The predicted octanol–water partition coefficient (Wildman–Crippen LogP) is 1.23. The van der Waals surface area contributed by atoms with E-state index in [0.29, 0.717) is 6.42 Å². The van der Waals surface area contributed by atoms with Crippen LogP contribution in [0.3, 0.4) is 0 Å². The second-order valence-corrected chi connectivity index (χ2v) is 5.63. The van der Waals surface area contributed by atoms with Crippen LogP contribution in [0.2, 0.25) is 0 Å². The molecule has 0 radical (unpaired) electrons. The Balaban J connectivity index is 1.89. The van der Waals surface area contributed by atoms with Gasteiger partial charge >= 0.3 is 5.97 Å². The van der Waals surface area contributed by atoms with E-state index in [9.17, 15) is 9.90 Å². The van der Waals surface area contributed by atoms with Crippen molar-refractivity contribution in [1.29, 1.82) is 0 Å². The van der Waals surface area contributed by atoms with E-state index in [4.69, 9.17) is 0 Å². The third-order valence-corrected chi connectivity index (χ3v) is 4.44. The summed E-state index contributed by atoms with van der Waals surface area (Å²) < 4.78 is 0. The van der Waals surface area contributed by atoms with Crippen LogP contribution in [0.25, 0.3) is 0 Å². The van der Waals surface area contributed by atoms with Crippen LogP contribution >= 0.6 is 0 Å². The van der Waals surface area contributed by atoms with Gasteiger partial charge in [-0.25, -0.2) is 0 Å². The normalized spacial score (nSPS) is 28.3. The summed E-state index contributed by atoms with van der Waals surface area (Å²) in [7, 11) is 2.12. The molecule has 2 aliphatic rings. The number of piperazine rings is 1. The van der Waals surface area contributed by atoms with Gasteiger partial charge in [-0.15, -0.1) is 0 Å². The molecule has 4 nitrogen and oxygen atoms in total. The Morgan fingerprint density at radius 2 is 1.89 bits per heavy atom. The van der Waals surface area contributed by atoms with Gasteiger partial charge < -0.3 is 10.0 Å². The first kappa shape index (κ1) is 12.6. The van der Waals surface area contributed by atoms with E-state index in [0.717, 1.165) is 26.2 Å². The summed E-state index contributed by atoms with van der Waals surface area (Å²) in [6.45, 7) is 3.95. The summed E-state index contributed by atoms with van der Waals surface area (Å²) in [4.78, 5) is 16.2. The summed E-state index contributed by atoms with van der Waals surface area (Å²) in [6, 6.07) is 8.25. The van der Waals surface area contributed by atoms with Crippen LogP contribution in [-0.4, -0.2) is 54.1 Å². The maximum absolute atomic E-state index is 11.6. The van der Waals surface area contributed by atoms with E-state index in [1.807, 2.05) is 12.1 Å². The Hall–Kier alpha value is -1.39. The number of aliphatic carboxylic acids is 1. The summed E-state index contributed by atoms with van der Waals surface area (Å²) in [5, 5.41) is 9.50. The van der Waals surface area contributed by atoms with Crippen molar-refractivity contribution in [3.63, 3.8) is 0 Å². The highest BCUT2D eigenvalue weighted by Crippen LogP contribution is 2.40. The fourth-order valence-corrected chi connectivity index (χ4v) is 3.35. The molecule has 1 heterocycles. The molecule has 1 aliphatic heterocycles. The molecule has 1 aromatic carbocycles. The van der Waals surface area contributed by atoms with Gasteiger partial charge in [0.1, 0.15) is 0 Å². The van der Waals surface area contributed by atoms with Crippen LogP contribution in [0.5, 0.6) is 0 Å². The lowest BCUT2D eigenvalue weighted by Crippen LogP contribution is -2.47. The Morgan fingerprint density at radius 1 is 1.21 bits per heavy atom. The smallest absolute Gasteiger partial charge is 0.308 e. The van der Waals surface area contributed by atoms with Crippen molar-refractivity contribution in [3.8, 4) is 0 Å². The molecule has 4 heteroatoms. The van der Waals surface area contributed by atoms with Crippen molar-refractivity contribution in [2.24, 2.45) is 5.92 Å². The van der Waals surface area contributed by atoms with E-state index < -0.39 is 5.97 Å². The van der Waals surface area contributed by atoms with Gasteiger partial charge in [-0.2, -0.15) is 0 Å². The van der Waals surface area contributed by atoms with Crippen molar-refractivity contribution < 1.29 is 9.90 Å². The SMILES string of the molecule is CN1CCN(C2c3ccccc3CC2C(=O)O)CC1. The molecule has 2 atom stereocenters. The van der Waals surface area contributed by atoms with Gasteiger partial charge in [-0.3, -0.25) is 9.69 Å². The number of carboxylic acid groups (broad SMARTS) is 1. The lowest BCUT2D eigenvalue weighted by Gasteiger charge is -2.38. The molecule has 0 saturated carbocycles. The topological polar surface area (TPSA) is 43.8 Å².